The fourth-order valence-electron chi connectivity index (χ4n) is 1.74. The van der Waals surface area contributed by atoms with Crippen LogP contribution in [0.1, 0.15) is 39.5 Å². The fraction of sp³-hybridized carbons (Fsp3) is 0.909. The van der Waals surface area contributed by atoms with Crippen LogP contribution in [0.25, 0.3) is 0 Å². The van der Waals surface area contributed by atoms with Gasteiger partial charge in [-0.15, -0.1) is 0 Å². The molecule has 0 bridgehead atoms. The summed E-state index contributed by atoms with van der Waals surface area (Å²) >= 11 is 2.00. The average Bonchev–Trinajstić information content (AvgIpc) is 2.45. The van der Waals surface area contributed by atoms with Crippen LogP contribution in [-0.4, -0.2) is 17.3 Å². The van der Waals surface area contributed by atoms with E-state index in [9.17, 15) is 4.79 Å². The second-order valence-electron chi connectivity index (χ2n) is 4.31. The largest absolute Gasteiger partial charge is 0.299 e. The molecule has 0 radical (unpaired) electrons. The van der Waals surface area contributed by atoms with Crippen molar-refractivity contribution in [3.63, 3.8) is 0 Å². The minimum Gasteiger partial charge on any atom is -0.299 e. The number of carbonyl (C=O) groups excluding carboxylic acids is 1. The summed E-state index contributed by atoms with van der Waals surface area (Å²) in [6.07, 6.45) is 4.26. The molecule has 0 amide bonds. The van der Waals surface area contributed by atoms with Crippen LogP contribution in [0.15, 0.2) is 0 Å². The lowest BCUT2D eigenvalue weighted by Gasteiger charge is -2.08. The number of rotatable bonds is 5. The van der Waals surface area contributed by atoms with Crippen molar-refractivity contribution in [2.24, 2.45) is 11.8 Å². The highest BCUT2D eigenvalue weighted by Crippen LogP contribution is 2.25. The van der Waals surface area contributed by atoms with E-state index in [2.05, 4.69) is 13.8 Å². The number of hydrogen-bond donors (Lipinski definition) is 0. The number of thioether (sulfide) groups is 1. The molecule has 1 fully saturated rings. The Labute approximate surface area is 85.7 Å². The topological polar surface area (TPSA) is 17.1 Å². The summed E-state index contributed by atoms with van der Waals surface area (Å²) in [6, 6.07) is 0. The van der Waals surface area contributed by atoms with Crippen LogP contribution in [0.4, 0.5) is 0 Å². The molecule has 0 heterocycles. The quantitative estimate of drug-likeness (QED) is 0.634. The van der Waals surface area contributed by atoms with Crippen LogP contribution in [0.5, 0.6) is 0 Å². The molecule has 1 unspecified atom stereocenters. The van der Waals surface area contributed by atoms with Crippen molar-refractivity contribution >= 4 is 17.5 Å². The molecular weight excluding hydrogens is 180 g/mol. The van der Waals surface area contributed by atoms with E-state index in [1.165, 1.54) is 11.5 Å². The average molecular weight is 200 g/mol. The number of Topliss-reactive ketones (excluding diaryl/α,β-unsaturated/α-hetero) is 1. The normalized spacial score (nSPS) is 23.0. The highest BCUT2D eigenvalue weighted by Gasteiger charge is 2.23. The van der Waals surface area contributed by atoms with Crippen molar-refractivity contribution in [3.05, 3.63) is 0 Å². The van der Waals surface area contributed by atoms with Crippen molar-refractivity contribution in [2.45, 2.75) is 39.5 Å². The van der Waals surface area contributed by atoms with Gasteiger partial charge in [0, 0.05) is 12.3 Å². The third-order valence-electron chi connectivity index (χ3n) is 2.49. The maximum atomic E-state index is 11.3. The van der Waals surface area contributed by atoms with Crippen LogP contribution >= 0.6 is 11.8 Å². The lowest BCUT2D eigenvalue weighted by Crippen LogP contribution is -2.07. The first kappa shape index (κ1) is 11.1. The van der Waals surface area contributed by atoms with E-state index in [1.807, 2.05) is 11.8 Å². The molecule has 1 aliphatic carbocycles. The molecule has 1 atom stereocenters. The van der Waals surface area contributed by atoms with Gasteiger partial charge in [-0.2, -0.15) is 11.8 Å². The van der Waals surface area contributed by atoms with E-state index in [1.54, 1.807) is 0 Å². The van der Waals surface area contributed by atoms with Gasteiger partial charge in [-0.3, -0.25) is 4.79 Å². The number of hydrogen-bond acceptors (Lipinski definition) is 2. The maximum absolute atomic E-state index is 11.3. The van der Waals surface area contributed by atoms with Gasteiger partial charge in [0.15, 0.2) is 0 Å². The van der Waals surface area contributed by atoms with Crippen LogP contribution in [-0.2, 0) is 4.79 Å². The van der Waals surface area contributed by atoms with E-state index in [-0.39, 0.29) is 0 Å². The summed E-state index contributed by atoms with van der Waals surface area (Å²) in [6.45, 7) is 4.49. The smallest absolute Gasteiger partial charge is 0.136 e. The third kappa shape index (κ3) is 4.17. The Hall–Kier alpha value is 0.0200. The van der Waals surface area contributed by atoms with Crippen molar-refractivity contribution in [2.75, 3.05) is 11.5 Å². The van der Waals surface area contributed by atoms with Crippen molar-refractivity contribution < 1.29 is 4.79 Å². The zero-order chi connectivity index (χ0) is 9.68. The summed E-state index contributed by atoms with van der Waals surface area (Å²) < 4.78 is 0. The van der Waals surface area contributed by atoms with Gasteiger partial charge in [0.1, 0.15) is 5.78 Å². The first-order valence-electron chi connectivity index (χ1n) is 5.30. The summed E-state index contributed by atoms with van der Waals surface area (Å²) in [5.41, 5.74) is 0. The SMILES string of the molecule is CC(C)CSCCC1CCCC1=O. The molecule has 0 spiro atoms. The second kappa shape index (κ2) is 5.69. The fourth-order valence-corrected chi connectivity index (χ4v) is 2.83. The standard InChI is InChI=1S/C11H20OS/c1-9(2)8-13-7-6-10-4-3-5-11(10)12/h9-10H,3-8H2,1-2H3. The zero-order valence-corrected chi connectivity index (χ0v) is 9.53. The van der Waals surface area contributed by atoms with Gasteiger partial charge in [-0.1, -0.05) is 13.8 Å². The third-order valence-corrected chi connectivity index (χ3v) is 3.92. The number of carbonyl (C=O) groups is 1. The zero-order valence-electron chi connectivity index (χ0n) is 8.71. The molecule has 13 heavy (non-hydrogen) atoms. The molecule has 0 aromatic rings. The van der Waals surface area contributed by atoms with Gasteiger partial charge >= 0.3 is 0 Å². The van der Waals surface area contributed by atoms with E-state index < -0.39 is 0 Å². The van der Waals surface area contributed by atoms with Crippen molar-refractivity contribution in [1.82, 2.24) is 0 Å². The van der Waals surface area contributed by atoms with E-state index in [0.29, 0.717) is 11.7 Å². The Kier molecular flexibility index (Phi) is 4.86. The van der Waals surface area contributed by atoms with Crippen molar-refractivity contribution in [1.29, 1.82) is 0 Å². The summed E-state index contributed by atoms with van der Waals surface area (Å²) in [4.78, 5) is 11.3. The molecule has 0 aliphatic heterocycles. The van der Waals surface area contributed by atoms with Gasteiger partial charge in [0.25, 0.3) is 0 Å². The Balaban J connectivity index is 2.02. The molecule has 0 aromatic heterocycles. The molecule has 76 valence electrons. The molecular formula is C11H20OS. The molecule has 1 nitrogen and oxygen atoms in total. The predicted octanol–water partition coefficient (Wildman–Crippen LogP) is 3.13. The van der Waals surface area contributed by atoms with Gasteiger partial charge < -0.3 is 0 Å². The Morgan fingerprint density at radius 2 is 2.31 bits per heavy atom. The predicted molar refractivity (Wildman–Crippen MR) is 59.1 cm³/mol. The van der Waals surface area contributed by atoms with Gasteiger partial charge in [0.05, 0.1) is 0 Å². The van der Waals surface area contributed by atoms with Crippen LogP contribution in [0, 0.1) is 11.8 Å². The monoisotopic (exact) mass is 200 g/mol. The second-order valence-corrected chi connectivity index (χ2v) is 5.46. The lowest BCUT2D eigenvalue weighted by molar-refractivity contribution is -0.120. The molecule has 2 heteroatoms. The maximum Gasteiger partial charge on any atom is 0.136 e. The first-order valence-corrected chi connectivity index (χ1v) is 6.46. The Morgan fingerprint density at radius 1 is 1.54 bits per heavy atom. The van der Waals surface area contributed by atoms with Crippen molar-refractivity contribution in [3.8, 4) is 0 Å². The molecule has 1 rings (SSSR count). The van der Waals surface area contributed by atoms with Crippen LogP contribution in [0.2, 0.25) is 0 Å². The first-order chi connectivity index (χ1) is 6.20. The molecule has 1 saturated carbocycles. The summed E-state index contributed by atoms with van der Waals surface area (Å²) in [5, 5.41) is 0. The highest BCUT2D eigenvalue weighted by atomic mass is 32.2. The summed E-state index contributed by atoms with van der Waals surface area (Å²) in [7, 11) is 0. The minimum absolute atomic E-state index is 0.416. The van der Waals surface area contributed by atoms with Crippen LogP contribution < -0.4 is 0 Å². The van der Waals surface area contributed by atoms with Gasteiger partial charge in [-0.05, 0) is 36.7 Å². The Morgan fingerprint density at radius 3 is 2.85 bits per heavy atom. The molecule has 1 aliphatic rings. The molecule has 0 N–H and O–H groups in total. The van der Waals surface area contributed by atoms with E-state index >= 15 is 0 Å². The number of ketones is 1. The molecule has 0 aromatic carbocycles. The van der Waals surface area contributed by atoms with E-state index in [0.717, 1.165) is 31.6 Å². The van der Waals surface area contributed by atoms with Gasteiger partial charge in [0.2, 0.25) is 0 Å². The molecule has 0 saturated heterocycles. The summed E-state index contributed by atoms with van der Waals surface area (Å²) in [5.74, 6) is 4.13. The minimum atomic E-state index is 0.416. The van der Waals surface area contributed by atoms with Crippen LogP contribution in [0.3, 0.4) is 0 Å². The van der Waals surface area contributed by atoms with Gasteiger partial charge in [-0.25, -0.2) is 0 Å². The lowest BCUT2D eigenvalue weighted by atomic mass is 10.1. The Bertz CT molecular complexity index is 165. The highest BCUT2D eigenvalue weighted by molar-refractivity contribution is 7.99. The van der Waals surface area contributed by atoms with E-state index in [4.69, 9.17) is 0 Å².